The molecule has 8 heteroatoms. The number of nitrogens with two attached hydrogens (primary N) is 1. The van der Waals surface area contributed by atoms with Gasteiger partial charge in [0.05, 0.1) is 11.0 Å². The second-order valence-corrected chi connectivity index (χ2v) is 6.32. The van der Waals surface area contributed by atoms with Crippen LogP contribution in [0.15, 0.2) is 22.7 Å². The summed E-state index contributed by atoms with van der Waals surface area (Å²) < 4.78 is 5.83. The lowest BCUT2D eigenvalue weighted by Crippen LogP contribution is -2.26. The highest BCUT2D eigenvalue weighted by molar-refractivity contribution is 5.53. The molecular formula is C15H21N5O3. The van der Waals surface area contributed by atoms with Gasteiger partial charge in [0.15, 0.2) is 0 Å². The lowest BCUT2D eigenvalue weighted by Gasteiger charge is -2.29. The van der Waals surface area contributed by atoms with E-state index < -0.39 is 4.92 Å². The SMILES string of the molecule is CCc1ccc(C(Nc2ncc([N+](=O)[O-])c(N)n2)C(C)(C)C)o1. The van der Waals surface area contributed by atoms with Crippen LogP contribution in [0.2, 0.25) is 0 Å². The molecule has 2 heterocycles. The van der Waals surface area contributed by atoms with Crippen molar-refractivity contribution in [1.29, 1.82) is 0 Å². The van der Waals surface area contributed by atoms with E-state index >= 15 is 0 Å². The van der Waals surface area contributed by atoms with Crippen LogP contribution in [0.25, 0.3) is 0 Å². The molecule has 0 aliphatic heterocycles. The first-order valence-corrected chi connectivity index (χ1v) is 7.34. The van der Waals surface area contributed by atoms with Crippen LogP contribution in [-0.2, 0) is 6.42 Å². The first-order valence-electron chi connectivity index (χ1n) is 7.34. The van der Waals surface area contributed by atoms with Crippen LogP contribution in [0.5, 0.6) is 0 Å². The normalized spacial score (nSPS) is 12.9. The van der Waals surface area contributed by atoms with E-state index in [2.05, 4.69) is 15.3 Å². The van der Waals surface area contributed by atoms with Gasteiger partial charge in [-0.15, -0.1) is 0 Å². The van der Waals surface area contributed by atoms with Gasteiger partial charge >= 0.3 is 5.69 Å². The summed E-state index contributed by atoms with van der Waals surface area (Å²) in [5.41, 5.74) is 5.11. The van der Waals surface area contributed by atoms with E-state index in [1.165, 1.54) is 0 Å². The molecule has 0 saturated carbocycles. The number of hydrogen-bond donors (Lipinski definition) is 2. The van der Waals surface area contributed by atoms with E-state index in [1.807, 2.05) is 39.8 Å². The molecule has 2 aromatic rings. The van der Waals surface area contributed by atoms with Gasteiger partial charge in [0.25, 0.3) is 0 Å². The maximum absolute atomic E-state index is 10.8. The number of aromatic nitrogens is 2. The lowest BCUT2D eigenvalue weighted by atomic mass is 9.85. The summed E-state index contributed by atoms with van der Waals surface area (Å²) >= 11 is 0. The third kappa shape index (κ3) is 3.77. The molecule has 2 aromatic heterocycles. The quantitative estimate of drug-likeness (QED) is 0.640. The van der Waals surface area contributed by atoms with Gasteiger partial charge in [-0.25, -0.2) is 4.98 Å². The van der Waals surface area contributed by atoms with Crippen molar-refractivity contribution in [2.45, 2.75) is 40.2 Å². The molecule has 2 rings (SSSR count). The molecule has 0 radical (unpaired) electrons. The number of nitrogens with zero attached hydrogens (tertiary/aromatic N) is 3. The standard InChI is InChI=1S/C15H21N5O3/c1-5-9-6-7-11(23-9)12(15(2,3)4)18-14-17-8-10(20(21)22)13(16)19-14/h6-8,12H,5H2,1-4H3,(H3,16,17,18,19). The van der Waals surface area contributed by atoms with Gasteiger partial charge in [-0.3, -0.25) is 10.1 Å². The number of aryl methyl sites for hydroxylation is 1. The molecule has 0 spiro atoms. The fourth-order valence-corrected chi connectivity index (χ4v) is 2.18. The Kier molecular flexibility index (Phi) is 4.53. The molecule has 1 unspecified atom stereocenters. The number of nitrogen functional groups attached to an aromatic ring is 1. The van der Waals surface area contributed by atoms with Crippen molar-refractivity contribution in [3.63, 3.8) is 0 Å². The Hall–Kier alpha value is -2.64. The summed E-state index contributed by atoms with van der Waals surface area (Å²) in [4.78, 5) is 18.1. The number of nitro groups is 1. The predicted molar refractivity (Wildman–Crippen MR) is 87.0 cm³/mol. The highest BCUT2D eigenvalue weighted by Crippen LogP contribution is 2.36. The lowest BCUT2D eigenvalue weighted by molar-refractivity contribution is -0.384. The molecule has 0 fully saturated rings. The molecule has 23 heavy (non-hydrogen) atoms. The fourth-order valence-electron chi connectivity index (χ4n) is 2.18. The van der Waals surface area contributed by atoms with Crippen molar-refractivity contribution in [3.05, 3.63) is 40.0 Å². The molecule has 0 aromatic carbocycles. The van der Waals surface area contributed by atoms with Gasteiger partial charge in [-0.1, -0.05) is 27.7 Å². The summed E-state index contributed by atoms with van der Waals surface area (Å²) in [6.45, 7) is 8.16. The van der Waals surface area contributed by atoms with Crippen molar-refractivity contribution in [2.75, 3.05) is 11.1 Å². The van der Waals surface area contributed by atoms with E-state index in [4.69, 9.17) is 10.2 Å². The Balaban J connectivity index is 2.32. The Labute approximate surface area is 134 Å². The Bertz CT molecular complexity index is 705. The van der Waals surface area contributed by atoms with Gasteiger partial charge in [-0.2, -0.15) is 4.98 Å². The van der Waals surface area contributed by atoms with E-state index in [0.717, 1.165) is 24.1 Å². The average Bonchev–Trinajstić information content (AvgIpc) is 2.91. The molecule has 124 valence electrons. The number of nitrogens with one attached hydrogen (secondary N) is 1. The van der Waals surface area contributed by atoms with Crippen molar-refractivity contribution < 1.29 is 9.34 Å². The average molecular weight is 319 g/mol. The van der Waals surface area contributed by atoms with Gasteiger partial charge in [0.1, 0.15) is 17.7 Å². The second-order valence-electron chi connectivity index (χ2n) is 6.32. The zero-order chi connectivity index (χ0) is 17.2. The summed E-state index contributed by atoms with van der Waals surface area (Å²) in [7, 11) is 0. The van der Waals surface area contributed by atoms with Crippen LogP contribution in [0, 0.1) is 15.5 Å². The van der Waals surface area contributed by atoms with Crippen molar-refractivity contribution >= 4 is 17.5 Å². The van der Waals surface area contributed by atoms with Crippen LogP contribution in [0.3, 0.4) is 0 Å². The molecular weight excluding hydrogens is 298 g/mol. The van der Waals surface area contributed by atoms with Crippen LogP contribution < -0.4 is 11.1 Å². The van der Waals surface area contributed by atoms with Gasteiger partial charge < -0.3 is 15.5 Å². The Morgan fingerprint density at radius 1 is 1.43 bits per heavy atom. The molecule has 0 aliphatic carbocycles. The van der Waals surface area contributed by atoms with Gasteiger partial charge in [0, 0.05) is 6.42 Å². The molecule has 0 saturated heterocycles. The first-order chi connectivity index (χ1) is 10.7. The molecule has 8 nitrogen and oxygen atoms in total. The summed E-state index contributed by atoms with van der Waals surface area (Å²) in [5, 5.41) is 13.9. The molecule has 0 aliphatic rings. The number of hydrogen-bond acceptors (Lipinski definition) is 7. The minimum Gasteiger partial charge on any atom is -0.464 e. The van der Waals surface area contributed by atoms with E-state index in [9.17, 15) is 10.1 Å². The number of rotatable bonds is 5. The van der Waals surface area contributed by atoms with Crippen molar-refractivity contribution in [1.82, 2.24) is 9.97 Å². The van der Waals surface area contributed by atoms with Crippen LogP contribution in [0.4, 0.5) is 17.5 Å². The number of anilines is 2. The van der Waals surface area contributed by atoms with Crippen LogP contribution in [-0.4, -0.2) is 14.9 Å². The van der Waals surface area contributed by atoms with Gasteiger partial charge in [-0.05, 0) is 17.5 Å². The molecule has 0 bridgehead atoms. The van der Waals surface area contributed by atoms with Crippen LogP contribution >= 0.6 is 0 Å². The topological polar surface area (TPSA) is 120 Å². The predicted octanol–water partition coefficient (Wildman–Crippen LogP) is 3.32. The maximum Gasteiger partial charge on any atom is 0.329 e. The highest BCUT2D eigenvalue weighted by atomic mass is 16.6. The van der Waals surface area contributed by atoms with Crippen molar-refractivity contribution in [3.8, 4) is 0 Å². The highest BCUT2D eigenvalue weighted by Gasteiger charge is 2.30. The van der Waals surface area contributed by atoms with E-state index in [0.29, 0.717) is 0 Å². The molecule has 1 atom stereocenters. The minimum atomic E-state index is -0.611. The first kappa shape index (κ1) is 16.7. The molecule has 3 N–H and O–H groups in total. The minimum absolute atomic E-state index is 0.172. The Morgan fingerprint density at radius 2 is 2.13 bits per heavy atom. The monoisotopic (exact) mass is 319 g/mol. The summed E-state index contributed by atoms with van der Waals surface area (Å²) in [6, 6.07) is 3.64. The Morgan fingerprint density at radius 3 is 2.61 bits per heavy atom. The van der Waals surface area contributed by atoms with E-state index in [1.54, 1.807) is 0 Å². The van der Waals surface area contributed by atoms with Gasteiger partial charge in [0.2, 0.25) is 11.8 Å². The van der Waals surface area contributed by atoms with Crippen LogP contribution in [0.1, 0.15) is 45.3 Å². The number of furan rings is 1. The maximum atomic E-state index is 10.8. The molecule has 0 amide bonds. The van der Waals surface area contributed by atoms with Crippen molar-refractivity contribution in [2.24, 2.45) is 5.41 Å². The summed E-state index contributed by atoms with van der Waals surface area (Å²) in [6.07, 6.45) is 1.90. The fraction of sp³-hybridized carbons (Fsp3) is 0.467. The largest absolute Gasteiger partial charge is 0.464 e. The second kappa shape index (κ2) is 6.23. The third-order valence-corrected chi connectivity index (χ3v) is 3.45. The smallest absolute Gasteiger partial charge is 0.329 e. The van der Waals surface area contributed by atoms with E-state index in [-0.39, 0.29) is 28.9 Å². The zero-order valence-corrected chi connectivity index (χ0v) is 13.7. The third-order valence-electron chi connectivity index (χ3n) is 3.45. The summed E-state index contributed by atoms with van der Waals surface area (Å²) in [5.74, 6) is 1.70. The zero-order valence-electron chi connectivity index (χ0n) is 13.7.